The van der Waals surface area contributed by atoms with Gasteiger partial charge in [0.15, 0.2) is 5.78 Å². The number of halogens is 2. The van der Waals surface area contributed by atoms with Crippen molar-refractivity contribution in [2.75, 3.05) is 7.11 Å². The van der Waals surface area contributed by atoms with Crippen LogP contribution < -0.4 is 0 Å². The van der Waals surface area contributed by atoms with Gasteiger partial charge in [-0.05, 0) is 29.8 Å². The third-order valence-corrected chi connectivity index (χ3v) is 5.07. The summed E-state index contributed by atoms with van der Waals surface area (Å²) in [5, 5.41) is 8.46. The van der Waals surface area contributed by atoms with Crippen molar-refractivity contribution in [1.29, 1.82) is 5.26 Å². The molecule has 0 saturated carbocycles. The van der Waals surface area contributed by atoms with Crippen molar-refractivity contribution in [1.82, 2.24) is 4.98 Å². The second kappa shape index (κ2) is 6.67. The summed E-state index contributed by atoms with van der Waals surface area (Å²) in [7, 11) is 1.42. The van der Waals surface area contributed by atoms with Crippen LogP contribution in [-0.2, 0) is 4.74 Å². The lowest BCUT2D eigenvalue weighted by Crippen LogP contribution is -2.23. The van der Waals surface area contributed by atoms with Crippen molar-refractivity contribution in [3.8, 4) is 6.07 Å². The zero-order chi connectivity index (χ0) is 17.3. The number of benzene rings is 1. The molecule has 1 aromatic carbocycles. The molecule has 1 aromatic heterocycles. The molecule has 24 heavy (non-hydrogen) atoms. The number of carbonyl (C=O) groups is 1. The molecule has 2 heterocycles. The summed E-state index contributed by atoms with van der Waals surface area (Å²) in [5.74, 6) is -0.134. The van der Waals surface area contributed by atoms with Gasteiger partial charge in [0.05, 0.1) is 11.6 Å². The maximum Gasteiger partial charge on any atom is 0.263 e. The molecule has 122 valence electrons. The number of pyridine rings is 1. The Morgan fingerprint density at radius 1 is 1.33 bits per heavy atom. The van der Waals surface area contributed by atoms with Crippen LogP contribution in [0.15, 0.2) is 41.6 Å². The fourth-order valence-corrected chi connectivity index (χ4v) is 4.00. The van der Waals surface area contributed by atoms with E-state index in [-0.39, 0.29) is 16.9 Å². The van der Waals surface area contributed by atoms with Gasteiger partial charge in [-0.1, -0.05) is 0 Å². The number of ketones is 1. The molecule has 1 aliphatic rings. The van der Waals surface area contributed by atoms with Crippen LogP contribution in [0.25, 0.3) is 0 Å². The number of hydrogen-bond donors (Lipinski definition) is 0. The molecule has 2 atom stereocenters. The summed E-state index contributed by atoms with van der Waals surface area (Å²) in [6.45, 7) is 0. The number of Topliss-reactive ketones (excluding diaryl/α,β-unsaturated/α-hetero) is 1. The minimum Gasteiger partial charge on any atom is -0.375 e. The van der Waals surface area contributed by atoms with Crippen LogP contribution in [0.1, 0.15) is 39.6 Å². The molecule has 7 heteroatoms. The largest absolute Gasteiger partial charge is 0.375 e. The molecular weight excluding hydrogens is 334 g/mol. The molecule has 0 fully saturated rings. The standard InChI is InChI=1S/C17H12F2N2O2S/c1-23-15(10-4-9(7-20)5-11(6-10)17(18)19)16-14(22)12-2-3-21-8-13(12)24-16/h2-6,8,15-17H,1H3. The Morgan fingerprint density at radius 2 is 2.08 bits per heavy atom. The average Bonchev–Trinajstić information content (AvgIpc) is 2.92. The molecule has 0 saturated heterocycles. The van der Waals surface area contributed by atoms with Crippen LogP contribution in [0.3, 0.4) is 0 Å². The first-order chi connectivity index (χ1) is 11.5. The highest BCUT2D eigenvalue weighted by Gasteiger charge is 2.38. The Bertz CT molecular complexity index is 836. The molecule has 3 rings (SSSR count). The first kappa shape index (κ1) is 16.6. The second-order valence-corrected chi connectivity index (χ2v) is 6.42. The third-order valence-electron chi connectivity index (χ3n) is 3.78. The number of alkyl halides is 2. The third kappa shape index (κ3) is 2.90. The van der Waals surface area contributed by atoms with Crippen molar-refractivity contribution in [3.63, 3.8) is 0 Å². The Balaban J connectivity index is 2.00. The summed E-state index contributed by atoms with van der Waals surface area (Å²) < 4.78 is 31.6. The van der Waals surface area contributed by atoms with Gasteiger partial charge in [-0.2, -0.15) is 5.26 Å². The number of ether oxygens (including phenoxy) is 1. The fourth-order valence-electron chi connectivity index (χ4n) is 2.69. The number of carbonyl (C=O) groups excluding carboxylic acids is 1. The molecule has 0 spiro atoms. The first-order valence-electron chi connectivity index (χ1n) is 7.06. The van der Waals surface area contributed by atoms with E-state index in [0.29, 0.717) is 11.1 Å². The lowest BCUT2D eigenvalue weighted by Gasteiger charge is -2.21. The van der Waals surface area contributed by atoms with Gasteiger partial charge >= 0.3 is 0 Å². The van der Waals surface area contributed by atoms with Crippen molar-refractivity contribution >= 4 is 17.5 Å². The quantitative estimate of drug-likeness (QED) is 0.839. The molecular formula is C17H12F2N2O2S. The molecule has 0 N–H and O–H groups in total. The SMILES string of the molecule is COC(c1cc(C#N)cc(C(F)F)c1)C1Sc2cnccc2C1=O. The van der Waals surface area contributed by atoms with Gasteiger partial charge in [-0.25, -0.2) is 8.78 Å². The zero-order valence-electron chi connectivity index (χ0n) is 12.6. The van der Waals surface area contributed by atoms with Gasteiger partial charge in [0, 0.05) is 35.5 Å². The van der Waals surface area contributed by atoms with Gasteiger partial charge in [0.25, 0.3) is 6.43 Å². The summed E-state index contributed by atoms with van der Waals surface area (Å²) in [5.41, 5.74) is 0.784. The molecule has 4 nitrogen and oxygen atoms in total. The van der Waals surface area contributed by atoms with Crippen LogP contribution >= 0.6 is 11.8 Å². The lowest BCUT2D eigenvalue weighted by atomic mass is 9.97. The lowest BCUT2D eigenvalue weighted by molar-refractivity contribution is 0.0766. The average molecular weight is 346 g/mol. The minimum atomic E-state index is -2.71. The number of fused-ring (bicyclic) bond motifs is 1. The number of methoxy groups -OCH3 is 1. The fraction of sp³-hybridized carbons (Fsp3) is 0.235. The van der Waals surface area contributed by atoms with Gasteiger partial charge in [0.2, 0.25) is 0 Å². The van der Waals surface area contributed by atoms with Crippen LogP contribution in [0.5, 0.6) is 0 Å². The van der Waals surface area contributed by atoms with Gasteiger partial charge in [0.1, 0.15) is 11.4 Å². The predicted molar refractivity (Wildman–Crippen MR) is 84.1 cm³/mol. The van der Waals surface area contributed by atoms with Crippen molar-refractivity contribution in [2.45, 2.75) is 22.7 Å². The van der Waals surface area contributed by atoms with E-state index >= 15 is 0 Å². The zero-order valence-corrected chi connectivity index (χ0v) is 13.4. The maximum absolute atomic E-state index is 13.1. The van der Waals surface area contributed by atoms with Crippen LogP contribution in [0.4, 0.5) is 8.78 Å². The molecule has 2 unspecified atom stereocenters. The summed E-state index contributed by atoms with van der Waals surface area (Å²) in [6.07, 6.45) is -0.309. The molecule has 0 amide bonds. The molecule has 2 aromatic rings. The Morgan fingerprint density at radius 3 is 2.71 bits per heavy atom. The van der Waals surface area contributed by atoms with E-state index in [0.717, 1.165) is 11.0 Å². The Hall–Kier alpha value is -2.30. The molecule has 1 aliphatic heterocycles. The Labute approximate surface area is 141 Å². The number of nitrogens with zero attached hydrogens (tertiary/aromatic N) is 2. The number of rotatable bonds is 4. The predicted octanol–water partition coefficient (Wildman–Crippen LogP) is 3.94. The van der Waals surface area contributed by atoms with Crippen LogP contribution in [-0.4, -0.2) is 23.1 Å². The number of aromatic nitrogens is 1. The van der Waals surface area contributed by atoms with E-state index < -0.39 is 17.8 Å². The van der Waals surface area contributed by atoms with Crippen molar-refractivity contribution < 1.29 is 18.3 Å². The topological polar surface area (TPSA) is 63.0 Å². The van der Waals surface area contributed by atoms with E-state index in [2.05, 4.69) is 4.98 Å². The summed E-state index contributed by atoms with van der Waals surface area (Å²) in [6, 6.07) is 7.41. The Kier molecular flexibility index (Phi) is 4.60. The minimum absolute atomic E-state index is 0.111. The monoisotopic (exact) mass is 346 g/mol. The highest BCUT2D eigenvalue weighted by Crippen LogP contribution is 2.43. The van der Waals surface area contributed by atoms with Gasteiger partial charge < -0.3 is 4.74 Å². The van der Waals surface area contributed by atoms with E-state index in [1.54, 1.807) is 12.3 Å². The second-order valence-electron chi connectivity index (χ2n) is 5.23. The van der Waals surface area contributed by atoms with E-state index in [1.165, 1.54) is 37.2 Å². The van der Waals surface area contributed by atoms with Crippen LogP contribution in [0, 0.1) is 11.3 Å². The molecule has 0 bridgehead atoms. The van der Waals surface area contributed by atoms with E-state index in [1.807, 2.05) is 6.07 Å². The highest BCUT2D eigenvalue weighted by molar-refractivity contribution is 8.01. The van der Waals surface area contributed by atoms with Crippen LogP contribution in [0.2, 0.25) is 0 Å². The summed E-state index contributed by atoms with van der Waals surface area (Å²) in [4.78, 5) is 17.3. The molecule has 0 aliphatic carbocycles. The smallest absolute Gasteiger partial charge is 0.263 e. The number of thioether (sulfide) groups is 1. The number of nitriles is 1. The highest BCUT2D eigenvalue weighted by atomic mass is 32.2. The van der Waals surface area contributed by atoms with Crippen molar-refractivity contribution in [2.24, 2.45) is 0 Å². The number of hydrogen-bond acceptors (Lipinski definition) is 5. The maximum atomic E-state index is 13.1. The van der Waals surface area contributed by atoms with E-state index in [4.69, 9.17) is 10.00 Å². The van der Waals surface area contributed by atoms with Crippen molar-refractivity contribution in [3.05, 3.63) is 58.9 Å². The van der Waals surface area contributed by atoms with Gasteiger partial charge in [-0.15, -0.1) is 11.8 Å². The van der Waals surface area contributed by atoms with Gasteiger partial charge in [-0.3, -0.25) is 9.78 Å². The van der Waals surface area contributed by atoms with E-state index in [9.17, 15) is 13.6 Å². The molecule has 0 radical (unpaired) electrons. The summed E-state index contributed by atoms with van der Waals surface area (Å²) >= 11 is 1.29. The normalized spacial score (nSPS) is 17.6. The first-order valence-corrected chi connectivity index (χ1v) is 7.94.